The number of nitrogen functional groups attached to an aromatic ring is 1. The number of nitrogens with zero attached hydrogens (tertiary/aromatic N) is 1. The molecule has 1 aliphatic heterocycles. The van der Waals surface area contributed by atoms with E-state index in [4.69, 9.17) is 5.73 Å². The maximum absolute atomic E-state index is 14.1. The van der Waals surface area contributed by atoms with Crippen molar-refractivity contribution in [2.45, 2.75) is 50.0 Å². The topological polar surface area (TPSA) is 97.5 Å². The van der Waals surface area contributed by atoms with E-state index in [-0.39, 0.29) is 22.5 Å². The predicted molar refractivity (Wildman–Crippen MR) is 142 cm³/mol. The number of hydrogen-bond acceptors (Lipinski definition) is 5. The summed E-state index contributed by atoms with van der Waals surface area (Å²) in [4.78, 5) is 27.8. The Kier molecular flexibility index (Phi) is 5.86. The number of fused-ring (bicyclic) bond motifs is 5. The third-order valence-electron chi connectivity index (χ3n) is 9.05. The van der Waals surface area contributed by atoms with E-state index in [0.717, 1.165) is 31.2 Å². The van der Waals surface area contributed by atoms with Gasteiger partial charge in [0.15, 0.2) is 0 Å². The molecule has 6 unspecified atom stereocenters. The van der Waals surface area contributed by atoms with Gasteiger partial charge >= 0.3 is 0 Å². The Labute approximate surface area is 218 Å². The first kappa shape index (κ1) is 24.2. The molecule has 0 spiro atoms. The van der Waals surface area contributed by atoms with Crippen LogP contribution in [0.5, 0.6) is 0 Å². The van der Waals surface area contributed by atoms with E-state index >= 15 is 0 Å². The average molecular weight is 517 g/mol. The van der Waals surface area contributed by atoms with Gasteiger partial charge < -0.3 is 5.73 Å². The lowest BCUT2D eigenvalue weighted by molar-refractivity contribution is -0.148. The first-order valence-corrected chi connectivity index (χ1v) is 14.7. The number of nitrogens with two attached hydrogens (primary N) is 1. The first-order chi connectivity index (χ1) is 17.8. The van der Waals surface area contributed by atoms with Crippen molar-refractivity contribution in [3.05, 3.63) is 78.0 Å². The molecule has 2 fully saturated rings. The quantitative estimate of drug-likeness (QED) is 0.356. The van der Waals surface area contributed by atoms with Crippen LogP contribution in [0, 0.1) is 29.6 Å². The lowest BCUT2D eigenvalue weighted by Crippen LogP contribution is -2.58. The third kappa shape index (κ3) is 3.69. The average Bonchev–Trinajstić information content (AvgIpc) is 3.33. The second kappa shape index (κ2) is 8.98. The zero-order valence-electron chi connectivity index (χ0n) is 20.9. The van der Waals surface area contributed by atoms with Gasteiger partial charge in [-0.25, -0.2) is 8.42 Å². The highest BCUT2D eigenvalue weighted by atomic mass is 32.2. The van der Waals surface area contributed by atoms with Gasteiger partial charge in [0.1, 0.15) is 0 Å². The van der Waals surface area contributed by atoms with Crippen molar-refractivity contribution in [3.63, 3.8) is 0 Å². The van der Waals surface area contributed by atoms with Crippen LogP contribution in [0.1, 0.15) is 44.6 Å². The van der Waals surface area contributed by atoms with E-state index in [1.165, 1.54) is 22.0 Å². The van der Waals surface area contributed by atoms with Crippen LogP contribution in [-0.2, 0) is 19.6 Å². The zero-order valence-corrected chi connectivity index (χ0v) is 21.7. The number of carbonyl (C=O) groups excluding carboxylic acids is 2. The second-order valence-corrected chi connectivity index (χ2v) is 12.7. The highest BCUT2D eigenvalue weighted by Crippen LogP contribution is 2.55. The molecule has 3 aliphatic carbocycles. The molecule has 0 aromatic heterocycles. The van der Waals surface area contributed by atoms with Crippen LogP contribution in [0.2, 0.25) is 0 Å². The standard InChI is InChI=1S/C30H32N2O4S/c1-2-18-9-6-10-23-22(18)15-16-24-26(23)29(33)30(34)27-25(19-7-4-3-5-8-19)17-32(28(24)27)37(35,36)21-13-11-20(31)12-14-21/h3-5,7-8,11-15,17-18,23-24,26-28H,2,6,9-10,16,31H2,1H3. The molecule has 2 aromatic carbocycles. The van der Waals surface area contributed by atoms with Crippen LogP contribution >= 0.6 is 0 Å². The number of anilines is 1. The van der Waals surface area contributed by atoms with E-state index in [0.29, 0.717) is 23.6 Å². The molecule has 6 rings (SSSR count). The normalized spacial score (nSPS) is 31.2. The van der Waals surface area contributed by atoms with E-state index in [2.05, 4.69) is 13.0 Å². The molecule has 1 heterocycles. The van der Waals surface area contributed by atoms with Crippen LogP contribution in [-0.4, -0.2) is 30.3 Å². The summed E-state index contributed by atoms with van der Waals surface area (Å²) < 4.78 is 29.5. The van der Waals surface area contributed by atoms with Crippen molar-refractivity contribution in [1.29, 1.82) is 0 Å². The van der Waals surface area contributed by atoms with Gasteiger partial charge in [-0.2, -0.15) is 0 Å². The minimum atomic E-state index is -3.99. The molecule has 4 aliphatic rings. The van der Waals surface area contributed by atoms with Crippen LogP contribution in [0.3, 0.4) is 0 Å². The molecule has 2 aromatic rings. The van der Waals surface area contributed by atoms with Gasteiger partial charge in [0.05, 0.1) is 16.9 Å². The summed E-state index contributed by atoms with van der Waals surface area (Å²) in [5, 5.41) is 0. The van der Waals surface area contributed by atoms with Crippen molar-refractivity contribution in [3.8, 4) is 0 Å². The van der Waals surface area contributed by atoms with E-state index in [1.807, 2.05) is 30.3 Å². The maximum atomic E-state index is 14.1. The minimum absolute atomic E-state index is 0.0247. The van der Waals surface area contributed by atoms with Gasteiger partial charge in [-0.1, -0.05) is 55.3 Å². The summed E-state index contributed by atoms with van der Waals surface area (Å²) in [6.45, 7) is 2.18. The Morgan fingerprint density at radius 3 is 2.41 bits per heavy atom. The molecule has 6 atom stereocenters. The Bertz CT molecular complexity index is 1410. The van der Waals surface area contributed by atoms with Gasteiger partial charge in [0, 0.05) is 17.8 Å². The van der Waals surface area contributed by atoms with Gasteiger partial charge in [0.2, 0.25) is 11.6 Å². The molecule has 0 radical (unpaired) electrons. The number of sulfonamides is 1. The molecule has 6 nitrogen and oxygen atoms in total. The van der Waals surface area contributed by atoms with Crippen LogP contribution < -0.4 is 5.73 Å². The Balaban J connectivity index is 1.50. The van der Waals surface area contributed by atoms with Crippen molar-refractivity contribution in [1.82, 2.24) is 4.31 Å². The van der Waals surface area contributed by atoms with Crippen LogP contribution in [0.4, 0.5) is 5.69 Å². The monoisotopic (exact) mass is 516 g/mol. The fraction of sp³-hybridized carbons (Fsp3) is 0.400. The summed E-state index contributed by atoms with van der Waals surface area (Å²) in [6, 6.07) is 14.9. The number of Topliss-reactive ketones (excluding diaryl/α,β-unsaturated/α-hetero) is 2. The van der Waals surface area contributed by atoms with Crippen LogP contribution in [0.25, 0.3) is 5.57 Å². The second-order valence-electron chi connectivity index (χ2n) is 10.8. The fourth-order valence-corrected chi connectivity index (χ4v) is 8.95. The first-order valence-electron chi connectivity index (χ1n) is 13.3. The largest absolute Gasteiger partial charge is 0.399 e. The number of carbonyl (C=O) groups is 2. The molecule has 0 bridgehead atoms. The van der Waals surface area contributed by atoms with Crippen LogP contribution in [0.15, 0.2) is 77.3 Å². The van der Waals surface area contributed by atoms with Gasteiger partial charge in [-0.15, -0.1) is 0 Å². The molecule has 2 N–H and O–H groups in total. The van der Waals surface area contributed by atoms with Crippen molar-refractivity contribution < 1.29 is 18.0 Å². The lowest BCUT2D eigenvalue weighted by Gasteiger charge is -2.49. The summed E-state index contributed by atoms with van der Waals surface area (Å²) >= 11 is 0. The van der Waals surface area contributed by atoms with Crippen molar-refractivity contribution in [2.24, 2.45) is 29.6 Å². The molecular weight excluding hydrogens is 484 g/mol. The summed E-state index contributed by atoms with van der Waals surface area (Å²) in [5.74, 6) is -1.81. The third-order valence-corrected chi connectivity index (χ3v) is 10.8. The van der Waals surface area contributed by atoms with Crippen molar-refractivity contribution >= 4 is 32.9 Å². The molecule has 0 saturated heterocycles. The summed E-state index contributed by atoms with van der Waals surface area (Å²) in [5.41, 5.74) is 8.99. The molecule has 0 amide bonds. The number of benzene rings is 2. The highest BCUT2D eigenvalue weighted by molar-refractivity contribution is 7.89. The summed E-state index contributed by atoms with van der Waals surface area (Å²) in [6.07, 6.45) is 8.53. The molecule has 37 heavy (non-hydrogen) atoms. The smallest absolute Gasteiger partial charge is 0.264 e. The lowest BCUT2D eigenvalue weighted by atomic mass is 9.55. The maximum Gasteiger partial charge on any atom is 0.264 e. The zero-order chi connectivity index (χ0) is 25.9. The fourth-order valence-electron chi connectivity index (χ4n) is 7.37. The van der Waals surface area contributed by atoms with E-state index in [9.17, 15) is 18.0 Å². The molecule has 7 heteroatoms. The summed E-state index contributed by atoms with van der Waals surface area (Å²) in [7, 11) is -3.99. The van der Waals surface area contributed by atoms with Crippen molar-refractivity contribution in [2.75, 3.05) is 5.73 Å². The predicted octanol–water partition coefficient (Wildman–Crippen LogP) is 4.84. The number of ketones is 2. The highest BCUT2D eigenvalue weighted by Gasteiger charge is 2.60. The Hall–Kier alpha value is -3.19. The SMILES string of the molecule is CCC1CCCC2C1=CCC1C2C(=O)C(=O)C2C(c3ccccc3)=CN(S(=O)(=O)c3ccc(N)cc3)C21. The Morgan fingerprint density at radius 2 is 1.70 bits per heavy atom. The number of hydrogen-bond donors (Lipinski definition) is 1. The minimum Gasteiger partial charge on any atom is -0.399 e. The van der Waals surface area contributed by atoms with Gasteiger partial charge in [0.25, 0.3) is 10.0 Å². The Morgan fingerprint density at radius 1 is 0.973 bits per heavy atom. The van der Waals surface area contributed by atoms with E-state index < -0.39 is 33.7 Å². The molecule has 192 valence electrons. The molecule has 2 saturated carbocycles. The number of rotatable bonds is 4. The number of allylic oxidation sites excluding steroid dienone is 2. The molecular formula is C30H32N2O4S. The van der Waals surface area contributed by atoms with Gasteiger partial charge in [-0.05, 0) is 78.8 Å². The van der Waals surface area contributed by atoms with Gasteiger partial charge in [-0.3, -0.25) is 13.9 Å². The van der Waals surface area contributed by atoms with E-state index in [1.54, 1.807) is 18.3 Å².